The van der Waals surface area contributed by atoms with E-state index in [9.17, 15) is 0 Å². The second-order valence-electron chi connectivity index (χ2n) is 5.93. The largest absolute Gasteiger partial charge is 0.496 e. The monoisotopic (exact) mass is 264 g/mol. The fraction of sp³-hybridized carbons (Fsp3) is 0.625. The lowest BCUT2D eigenvalue weighted by Crippen LogP contribution is -2.21. The SMILES string of the molecule is COc1ccc(CCNCCCN)cc1C(C)(C)C. The zero-order valence-electron chi connectivity index (χ0n) is 12.8. The fourth-order valence-electron chi connectivity index (χ4n) is 2.08. The Morgan fingerprint density at radius 1 is 1.21 bits per heavy atom. The van der Waals surface area contributed by atoms with Crippen LogP contribution in [-0.4, -0.2) is 26.7 Å². The highest BCUT2D eigenvalue weighted by molar-refractivity contribution is 5.41. The maximum Gasteiger partial charge on any atom is 0.122 e. The molecule has 0 aliphatic rings. The van der Waals surface area contributed by atoms with Crippen LogP contribution in [0.15, 0.2) is 18.2 Å². The first-order chi connectivity index (χ1) is 8.99. The van der Waals surface area contributed by atoms with E-state index in [-0.39, 0.29) is 5.41 Å². The van der Waals surface area contributed by atoms with Crippen molar-refractivity contribution in [3.8, 4) is 5.75 Å². The summed E-state index contributed by atoms with van der Waals surface area (Å²) in [6.45, 7) is 9.40. The van der Waals surface area contributed by atoms with Gasteiger partial charge in [-0.3, -0.25) is 0 Å². The smallest absolute Gasteiger partial charge is 0.122 e. The van der Waals surface area contributed by atoms with Gasteiger partial charge in [0, 0.05) is 0 Å². The zero-order chi connectivity index (χ0) is 14.3. The molecule has 19 heavy (non-hydrogen) atoms. The van der Waals surface area contributed by atoms with Gasteiger partial charge in [0.2, 0.25) is 0 Å². The van der Waals surface area contributed by atoms with E-state index in [0.29, 0.717) is 0 Å². The molecule has 0 aliphatic carbocycles. The highest BCUT2D eigenvalue weighted by atomic mass is 16.5. The van der Waals surface area contributed by atoms with Crippen molar-refractivity contribution in [1.82, 2.24) is 5.32 Å². The van der Waals surface area contributed by atoms with Crippen molar-refractivity contribution in [2.75, 3.05) is 26.7 Å². The third-order valence-electron chi connectivity index (χ3n) is 3.22. The molecule has 0 spiro atoms. The summed E-state index contributed by atoms with van der Waals surface area (Å²) >= 11 is 0. The third-order valence-corrected chi connectivity index (χ3v) is 3.22. The number of ether oxygens (including phenoxy) is 1. The summed E-state index contributed by atoms with van der Waals surface area (Å²) < 4.78 is 5.45. The molecule has 0 unspecified atom stereocenters. The first kappa shape index (κ1) is 16.0. The van der Waals surface area contributed by atoms with Crippen LogP contribution in [0.2, 0.25) is 0 Å². The Bertz CT molecular complexity index is 383. The molecule has 0 saturated carbocycles. The van der Waals surface area contributed by atoms with E-state index in [1.54, 1.807) is 7.11 Å². The van der Waals surface area contributed by atoms with Crippen LogP contribution in [0.5, 0.6) is 5.75 Å². The van der Waals surface area contributed by atoms with Crippen molar-refractivity contribution in [2.24, 2.45) is 5.73 Å². The maximum atomic E-state index is 5.47. The van der Waals surface area contributed by atoms with Gasteiger partial charge >= 0.3 is 0 Å². The summed E-state index contributed by atoms with van der Waals surface area (Å²) in [5, 5.41) is 3.41. The van der Waals surface area contributed by atoms with Crippen LogP contribution < -0.4 is 15.8 Å². The zero-order valence-corrected chi connectivity index (χ0v) is 12.8. The standard InChI is InChI=1S/C16H28N2O/c1-16(2,3)14-12-13(6-7-15(14)19-4)8-11-18-10-5-9-17/h6-7,12,18H,5,8-11,17H2,1-4H3. The van der Waals surface area contributed by atoms with Crippen molar-refractivity contribution >= 4 is 0 Å². The average Bonchev–Trinajstić information content (AvgIpc) is 2.37. The van der Waals surface area contributed by atoms with Gasteiger partial charge in [-0.15, -0.1) is 0 Å². The Morgan fingerprint density at radius 3 is 2.53 bits per heavy atom. The summed E-state index contributed by atoms with van der Waals surface area (Å²) in [4.78, 5) is 0. The molecule has 3 nitrogen and oxygen atoms in total. The van der Waals surface area contributed by atoms with Crippen molar-refractivity contribution in [3.63, 3.8) is 0 Å². The minimum Gasteiger partial charge on any atom is -0.496 e. The molecule has 1 aromatic carbocycles. The van der Waals surface area contributed by atoms with Gasteiger partial charge in [-0.2, -0.15) is 0 Å². The lowest BCUT2D eigenvalue weighted by Gasteiger charge is -2.23. The predicted molar refractivity (Wildman–Crippen MR) is 81.9 cm³/mol. The molecule has 0 aliphatic heterocycles. The van der Waals surface area contributed by atoms with Gasteiger partial charge in [0.15, 0.2) is 0 Å². The lowest BCUT2D eigenvalue weighted by molar-refractivity contribution is 0.397. The summed E-state index contributed by atoms with van der Waals surface area (Å²) in [5.41, 5.74) is 8.20. The highest BCUT2D eigenvalue weighted by Crippen LogP contribution is 2.31. The summed E-state index contributed by atoms with van der Waals surface area (Å²) in [6.07, 6.45) is 2.08. The number of methoxy groups -OCH3 is 1. The van der Waals surface area contributed by atoms with E-state index in [1.807, 2.05) is 0 Å². The fourth-order valence-corrected chi connectivity index (χ4v) is 2.08. The Morgan fingerprint density at radius 2 is 1.95 bits per heavy atom. The summed E-state index contributed by atoms with van der Waals surface area (Å²) in [7, 11) is 1.73. The van der Waals surface area contributed by atoms with E-state index < -0.39 is 0 Å². The second-order valence-corrected chi connectivity index (χ2v) is 5.93. The average molecular weight is 264 g/mol. The van der Waals surface area contributed by atoms with E-state index in [0.717, 1.165) is 38.2 Å². The molecule has 0 aromatic heterocycles. The van der Waals surface area contributed by atoms with Crippen LogP contribution >= 0.6 is 0 Å². The first-order valence-corrected chi connectivity index (χ1v) is 7.07. The van der Waals surface area contributed by atoms with Crippen LogP contribution in [0.25, 0.3) is 0 Å². The van der Waals surface area contributed by atoms with E-state index in [2.05, 4.69) is 44.3 Å². The van der Waals surface area contributed by atoms with Crippen LogP contribution in [0.4, 0.5) is 0 Å². The summed E-state index contributed by atoms with van der Waals surface area (Å²) in [6, 6.07) is 6.50. The van der Waals surface area contributed by atoms with Crippen LogP contribution in [-0.2, 0) is 11.8 Å². The first-order valence-electron chi connectivity index (χ1n) is 7.07. The van der Waals surface area contributed by atoms with Crippen molar-refractivity contribution < 1.29 is 4.74 Å². The molecule has 0 atom stereocenters. The van der Waals surface area contributed by atoms with Crippen LogP contribution in [0, 0.1) is 0 Å². The van der Waals surface area contributed by atoms with Crippen molar-refractivity contribution in [2.45, 2.75) is 39.0 Å². The molecule has 0 bridgehead atoms. The van der Waals surface area contributed by atoms with Gasteiger partial charge < -0.3 is 15.8 Å². The van der Waals surface area contributed by atoms with Crippen LogP contribution in [0.1, 0.15) is 38.3 Å². The number of nitrogens with one attached hydrogen (secondary N) is 1. The number of rotatable bonds is 7. The van der Waals surface area contributed by atoms with Gasteiger partial charge in [-0.1, -0.05) is 32.9 Å². The number of hydrogen-bond acceptors (Lipinski definition) is 3. The lowest BCUT2D eigenvalue weighted by atomic mass is 9.85. The molecule has 3 heteroatoms. The van der Waals surface area contributed by atoms with Gasteiger partial charge in [-0.25, -0.2) is 0 Å². The topological polar surface area (TPSA) is 47.3 Å². The molecule has 0 radical (unpaired) electrons. The van der Waals surface area contributed by atoms with E-state index >= 15 is 0 Å². The van der Waals surface area contributed by atoms with Gasteiger partial charge in [0.05, 0.1) is 7.11 Å². The minimum atomic E-state index is 0.105. The Balaban J connectivity index is 2.65. The van der Waals surface area contributed by atoms with Crippen molar-refractivity contribution in [1.29, 1.82) is 0 Å². The van der Waals surface area contributed by atoms with Gasteiger partial charge in [0.25, 0.3) is 0 Å². The molecule has 1 aromatic rings. The molecule has 0 heterocycles. The molecule has 0 amide bonds. The third kappa shape index (κ3) is 5.21. The molecule has 0 fully saturated rings. The Labute approximate surface area is 117 Å². The summed E-state index contributed by atoms with van der Waals surface area (Å²) in [5.74, 6) is 0.979. The second kappa shape index (κ2) is 7.51. The highest BCUT2D eigenvalue weighted by Gasteiger charge is 2.18. The van der Waals surface area contributed by atoms with Gasteiger partial charge in [-0.05, 0) is 55.1 Å². The van der Waals surface area contributed by atoms with Crippen LogP contribution in [0.3, 0.4) is 0 Å². The molecule has 1 rings (SSSR count). The quantitative estimate of drug-likeness (QED) is 0.744. The molecular weight excluding hydrogens is 236 g/mol. The number of benzene rings is 1. The predicted octanol–water partition coefficient (Wildman–Crippen LogP) is 2.47. The Kier molecular flexibility index (Phi) is 6.32. The van der Waals surface area contributed by atoms with Crippen molar-refractivity contribution in [3.05, 3.63) is 29.3 Å². The van der Waals surface area contributed by atoms with E-state index in [4.69, 9.17) is 10.5 Å². The van der Waals surface area contributed by atoms with E-state index in [1.165, 1.54) is 11.1 Å². The Hall–Kier alpha value is -1.06. The molecule has 3 N–H and O–H groups in total. The molecular formula is C16H28N2O. The number of nitrogens with two attached hydrogens (primary N) is 1. The van der Waals surface area contributed by atoms with Gasteiger partial charge in [0.1, 0.15) is 5.75 Å². The normalized spacial score (nSPS) is 11.6. The molecule has 0 saturated heterocycles. The number of hydrogen-bond donors (Lipinski definition) is 2. The maximum absolute atomic E-state index is 5.47. The minimum absolute atomic E-state index is 0.105. The molecule has 108 valence electrons.